The van der Waals surface area contributed by atoms with Crippen molar-refractivity contribution < 1.29 is 19.1 Å². The van der Waals surface area contributed by atoms with Crippen LogP contribution in [0.3, 0.4) is 0 Å². The fourth-order valence-electron chi connectivity index (χ4n) is 3.74. The Morgan fingerprint density at radius 3 is 1.96 bits per heavy atom. The highest BCUT2D eigenvalue weighted by atomic mass is 79.9. The lowest BCUT2D eigenvalue weighted by molar-refractivity contribution is -0.136. The molecule has 0 atom stereocenters. The van der Waals surface area contributed by atoms with Gasteiger partial charge >= 0.3 is 0 Å². The lowest BCUT2D eigenvalue weighted by Crippen LogP contribution is -2.51. The number of ether oxygens (including phenoxy) is 2. The summed E-state index contributed by atoms with van der Waals surface area (Å²) in [5.41, 5.74) is 0.525. The zero-order valence-electron chi connectivity index (χ0n) is 15.3. The number of amides is 2. The number of benzene rings is 1. The molecule has 1 aliphatic heterocycles. The van der Waals surface area contributed by atoms with Crippen LogP contribution >= 0.6 is 15.9 Å². The average Bonchev–Trinajstić information content (AvgIpc) is 3.22. The monoisotopic (exact) mass is 424 g/mol. The Labute approximate surface area is 162 Å². The van der Waals surface area contributed by atoms with Gasteiger partial charge in [0.2, 0.25) is 5.91 Å². The lowest BCUT2D eigenvalue weighted by atomic mass is 10.1. The second kappa shape index (κ2) is 8.29. The molecular formula is C19H25BrN2O4. The number of methoxy groups -OCH3 is 2. The van der Waals surface area contributed by atoms with E-state index in [4.69, 9.17) is 9.47 Å². The summed E-state index contributed by atoms with van der Waals surface area (Å²) >= 11 is 3.42. The zero-order valence-corrected chi connectivity index (χ0v) is 16.9. The van der Waals surface area contributed by atoms with Crippen LogP contribution in [-0.2, 0) is 4.79 Å². The van der Waals surface area contributed by atoms with Crippen molar-refractivity contribution in [3.05, 3.63) is 22.2 Å². The molecule has 142 valence electrons. The van der Waals surface area contributed by atoms with Gasteiger partial charge in [0, 0.05) is 37.7 Å². The van der Waals surface area contributed by atoms with E-state index in [2.05, 4.69) is 15.9 Å². The van der Waals surface area contributed by atoms with E-state index in [1.54, 1.807) is 31.3 Å². The van der Waals surface area contributed by atoms with Crippen molar-refractivity contribution in [1.82, 2.24) is 9.80 Å². The molecule has 1 aromatic carbocycles. The van der Waals surface area contributed by atoms with Crippen LogP contribution in [0.1, 0.15) is 36.0 Å². The molecule has 1 heterocycles. The van der Waals surface area contributed by atoms with Crippen molar-refractivity contribution in [2.75, 3.05) is 40.4 Å². The van der Waals surface area contributed by atoms with E-state index in [1.165, 1.54) is 0 Å². The fraction of sp³-hybridized carbons (Fsp3) is 0.579. The summed E-state index contributed by atoms with van der Waals surface area (Å²) in [7, 11) is 3.11. The molecule has 7 heteroatoms. The molecule has 3 rings (SSSR count). The van der Waals surface area contributed by atoms with Gasteiger partial charge in [0.1, 0.15) is 16.0 Å². The normalized spacial score (nSPS) is 18.1. The van der Waals surface area contributed by atoms with Crippen molar-refractivity contribution in [2.24, 2.45) is 5.92 Å². The summed E-state index contributed by atoms with van der Waals surface area (Å²) < 4.78 is 11.3. The third-order valence-electron chi connectivity index (χ3n) is 5.28. The number of hydrogen-bond donors (Lipinski definition) is 0. The SMILES string of the molecule is COc1cc(C(=O)N2CCN(C(=O)C3CCCC3)CC2)cc(OC)c1Br. The summed E-state index contributed by atoms with van der Waals surface area (Å²) in [6.07, 6.45) is 4.33. The molecule has 2 amide bonds. The molecule has 0 aromatic heterocycles. The first-order valence-corrected chi connectivity index (χ1v) is 9.84. The van der Waals surface area contributed by atoms with E-state index in [0.29, 0.717) is 47.7 Å². The molecule has 6 nitrogen and oxygen atoms in total. The van der Waals surface area contributed by atoms with E-state index in [0.717, 1.165) is 25.7 Å². The van der Waals surface area contributed by atoms with Gasteiger partial charge in [0.15, 0.2) is 0 Å². The van der Waals surface area contributed by atoms with Crippen LogP contribution in [0, 0.1) is 5.92 Å². The standard InChI is InChI=1S/C19H25BrN2O4/c1-25-15-11-14(12-16(26-2)17(15)20)19(24)22-9-7-21(8-10-22)18(23)13-5-3-4-6-13/h11-13H,3-10H2,1-2H3. The van der Waals surface area contributed by atoms with Crippen molar-refractivity contribution in [3.8, 4) is 11.5 Å². The summed E-state index contributed by atoms with van der Waals surface area (Å²) in [4.78, 5) is 29.1. The molecule has 0 radical (unpaired) electrons. The Hall–Kier alpha value is -1.76. The lowest BCUT2D eigenvalue weighted by Gasteiger charge is -2.36. The van der Waals surface area contributed by atoms with E-state index < -0.39 is 0 Å². The maximum Gasteiger partial charge on any atom is 0.254 e. The van der Waals surface area contributed by atoms with E-state index in [-0.39, 0.29) is 17.7 Å². The van der Waals surface area contributed by atoms with Crippen molar-refractivity contribution >= 4 is 27.7 Å². The predicted octanol–water partition coefficient (Wildman–Crippen LogP) is 2.94. The zero-order chi connectivity index (χ0) is 18.7. The van der Waals surface area contributed by atoms with Gasteiger partial charge in [0.05, 0.1) is 14.2 Å². The van der Waals surface area contributed by atoms with Gasteiger partial charge in [-0.3, -0.25) is 9.59 Å². The number of hydrogen-bond acceptors (Lipinski definition) is 4. The third-order valence-corrected chi connectivity index (χ3v) is 6.06. The highest BCUT2D eigenvalue weighted by molar-refractivity contribution is 9.10. The maximum absolute atomic E-state index is 12.9. The number of halogens is 1. The first-order valence-electron chi connectivity index (χ1n) is 9.04. The number of rotatable bonds is 4. The molecule has 1 saturated heterocycles. The molecule has 2 fully saturated rings. The first kappa shape index (κ1) is 19.0. The minimum absolute atomic E-state index is 0.0675. The smallest absolute Gasteiger partial charge is 0.254 e. The molecule has 1 aliphatic carbocycles. The van der Waals surface area contributed by atoms with Crippen molar-refractivity contribution in [1.29, 1.82) is 0 Å². The van der Waals surface area contributed by atoms with E-state index in [1.807, 2.05) is 4.90 Å². The molecule has 0 bridgehead atoms. The van der Waals surface area contributed by atoms with Crippen LogP contribution in [0.25, 0.3) is 0 Å². The molecular weight excluding hydrogens is 400 g/mol. The fourth-order valence-corrected chi connectivity index (χ4v) is 4.29. The van der Waals surface area contributed by atoms with Crippen molar-refractivity contribution in [3.63, 3.8) is 0 Å². The van der Waals surface area contributed by atoms with Crippen LogP contribution < -0.4 is 9.47 Å². The van der Waals surface area contributed by atoms with Crippen molar-refractivity contribution in [2.45, 2.75) is 25.7 Å². The number of carbonyl (C=O) groups excluding carboxylic acids is 2. The molecule has 2 aliphatic rings. The summed E-state index contributed by atoms with van der Waals surface area (Å²) in [5.74, 6) is 1.51. The quantitative estimate of drug-likeness (QED) is 0.745. The van der Waals surface area contributed by atoms with Gasteiger partial charge in [-0.1, -0.05) is 12.8 Å². The van der Waals surface area contributed by atoms with Crippen LogP contribution in [-0.4, -0.2) is 62.0 Å². The summed E-state index contributed by atoms with van der Waals surface area (Å²) in [5, 5.41) is 0. The highest BCUT2D eigenvalue weighted by Crippen LogP contribution is 2.36. The Kier molecular flexibility index (Phi) is 6.06. The molecule has 1 aromatic rings. The minimum Gasteiger partial charge on any atom is -0.495 e. The van der Waals surface area contributed by atoms with Gasteiger partial charge < -0.3 is 19.3 Å². The van der Waals surface area contributed by atoms with Crippen LogP contribution in [0.15, 0.2) is 16.6 Å². The van der Waals surface area contributed by atoms with Crippen LogP contribution in [0.2, 0.25) is 0 Å². The van der Waals surface area contributed by atoms with Gasteiger partial charge in [-0.25, -0.2) is 0 Å². The Balaban J connectivity index is 1.66. The number of nitrogens with zero attached hydrogens (tertiary/aromatic N) is 2. The Morgan fingerprint density at radius 2 is 1.46 bits per heavy atom. The predicted molar refractivity (Wildman–Crippen MR) is 102 cm³/mol. The number of carbonyl (C=O) groups is 2. The van der Waals surface area contributed by atoms with Gasteiger partial charge in [-0.2, -0.15) is 0 Å². The van der Waals surface area contributed by atoms with E-state index in [9.17, 15) is 9.59 Å². The Bertz CT molecular complexity index is 655. The summed E-state index contributed by atoms with van der Waals surface area (Å²) in [6, 6.07) is 3.43. The maximum atomic E-state index is 12.9. The third kappa shape index (κ3) is 3.82. The second-order valence-electron chi connectivity index (χ2n) is 6.79. The topological polar surface area (TPSA) is 59.1 Å². The molecule has 1 saturated carbocycles. The first-order chi connectivity index (χ1) is 12.5. The van der Waals surface area contributed by atoms with Crippen LogP contribution in [0.4, 0.5) is 0 Å². The minimum atomic E-state index is -0.0675. The molecule has 26 heavy (non-hydrogen) atoms. The van der Waals surface area contributed by atoms with Gasteiger partial charge in [0.25, 0.3) is 5.91 Å². The largest absolute Gasteiger partial charge is 0.495 e. The molecule has 0 unspecified atom stereocenters. The average molecular weight is 425 g/mol. The van der Waals surface area contributed by atoms with Gasteiger partial charge in [-0.15, -0.1) is 0 Å². The molecule has 0 spiro atoms. The highest BCUT2D eigenvalue weighted by Gasteiger charge is 2.31. The Morgan fingerprint density at radius 1 is 0.962 bits per heavy atom. The number of piperazine rings is 1. The van der Waals surface area contributed by atoms with E-state index >= 15 is 0 Å². The van der Waals surface area contributed by atoms with Crippen LogP contribution in [0.5, 0.6) is 11.5 Å². The summed E-state index contributed by atoms with van der Waals surface area (Å²) in [6.45, 7) is 2.31. The van der Waals surface area contributed by atoms with Gasteiger partial charge in [-0.05, 0) is 40.9 Å². The molecule has 0 N–H and O–H groups in total. The second-order valence-corrected chi connectivity index (χ2v) is 7.59.